The van der Waals surface area contributed by atoms with Crippen molar-refractivity contribution in [3.63, 3.8) is 0 Å². The first-order valence-corrected chi connectivity index (χ1v) is 7.47. The fourth-order valence-corrected chi connectivity index (χ4v) is 2.83. The van der Waals surface area contributed by atoms with E-state index < -0.39 is 0 Å². The number of hydrogen-bond acceptors (Lipinski definition) is 2. The van der Waals surface area contributed by atoms with E-state index in [1.54, 1.807) is 0 Å². The molecule has 0 radical (unpaired) electrons. The van der Waals surface area contributed by atoms with Crippen molar-refractivity contribution in [2.75, 3.05) is 0 Å². The Hall–Kier alpha value is -0.570. The molecule has 3 heteroatoms. The molecule has 0 heterocycles. The summed E-state index contributed by atoms with van der Waals surface area (Å²) < 4.78 is 0. The maximum Gasteiger partial charge on any atom is 0.237 e. The SMILES string of the molecule is CCC(CC)NC(=O)C(C)NC1CCCC1(C)C. The molecule has 1 rings (SSSR count). The van der Waals surface area contributed by atoms with Gasteiger partial charge in [0.05, 0.1) is 6.04 Å². The molecule has 3 nitrogen and oxygen atoms in total. The lowest BCUT2D eigenvalue weighted by molar-refractivity contribution is -0.123. The van der Waals surface area contributed by atoms with Gasteiger partial charge in [0.1, 0.15) is 0 Å². The summed E-state index contributed by atoms with van der Waals surface area (Å²) in [6, 6.07) is 0.700. The fourth-order valence-electron chi connectivity index (χ4n) is 2.83. The highest BCUT2D eigenvalue weighted by Crippen LogP contribution is 2.37. The van der Waals surface area contributed by atoms with E-state index in [1.807, 2.05) is 6.92 Å². The summed E-state index contributed by atoms with van der Waals surface area (Å²) in [6.45, 7) is 10.8. The van der Waals surface area contributed by atoms with Crippen LogP contribution in [0.15, 0.2) is 0 Å². The molecular weight excluding hydrogens is 224 g/mol. The summed E-state index contributed by atoms with van der Waals surface area (Å²) in [5, 5.41) is 6.63. The number of carbonyl (C=O) groups is 1. The van der Waals surface area contributed by atoms with E-state index in [9.17, 15) is 4.79 Å². The van der Waals surface area contributed by atoms with Crippen LogP contribution < -0.4 is 10.6 Å². The van der Waals surface area contributed by atoms with Gasteiger partial charge in [-0.15, -0.1) is 0 Å². The van der Waals surface area contributed by atoms with Crippen LogP contribution in [0.1, 0.15) is 66.7 Å². The predicted octanol–water partition coefficient (Wildman–Crippen LogP) is 2.85. The summed E-state index contributed by atoms with van der Waals surface area (Å²) in [5.74, 6) is 0.145. The highest BCUT2D eigenvalue weighted by Gasteiger charge is 2.35. The second-order valence-corrected chi connectivity index (χ2v) is 6.34. The predicted molar refractivity (Wildman–Crippen MR) is 76.5 cm³/mol. The van der Waals surface area contributed by atoms with Crippen LogP contribution in [0.3, 0.4) is 0 Å². The Bertz CT molecular complexity index is 272. The average molecular weight is 254 g/mol. The topological polar surface area (TPSA) is 41.1 Å². The molecule has 0 bridgehead atoms. The van der Waals surface area contributed by atoms with Crippen LogP contribution in [0.4, 0.5) is 0 Å². The van der Waals surface area contributed by atoms with Crippen molar-refractivity contribution in [1.82, 2.24) is 10.6 Å². The van der Waals surface area contributed by atoms with E-state index in [1.165, 1.54) is 19.3 Å². The van der Waals surface area contributed by atoms with Gasteiger partial charge in [0.15, 0.2) is 0 Å². The van der Waals surface area contributed by atoms with Crippen molar-refractivity contribution >= 4 is 5.91 Å². The number of nitrogens with one attached hydrogen (secondary N) is 2. The Morgan fingerprint density at radius 2 is 1.94 bits per heavy atom. The van der Waals surface area contributed by atoms with Gasteiger partial charge in [-0.2, -0.15) is 0 Å². The van der Waals surface area contributed by atoms with Crippen molar-refractivity contribution in [2.24, 2.45) is 5.41 Å². The lowest BCUT2D eigenvalue weighted by atomic mass is 9.87. The van der Waals surface area contributed by atoms with E-state index in [-0.39, 0.29) is 11.9 Å². The van der Waals surface area contributed by atoms with Crippen LogP contribution in [-0.2, 0) is 4.79 Å². The molecule has 2 unspecified atom stereocenters. The molecule has 1 saturated carbocycles. The number of carbonyl (C=O) groups excluding carboxylic acids is 1. The van der Waals surface area contributed by atoms with Crippen molar-refractivity contribution in [3.05, 3.63) is 0 Å². The lowest BCUT2D eigenvalue weighted by Crippen LogP contribution is -2.51. The fraction of sp³-hybridized carbons (Fsp3) is 0.933. The summed E-state index contributed by atoms with van der Waals surface area (Å²) in [7, 11) is 0. The molecule has 0 aliphatic heterocycles. The molecule has 0 saturated heterocycles. The standard InChI is InChI=1S/C15H30N2O/c1-6-12(7-2)17-14(18)11(3)16-13-9-8-10-15(13,4)5/h11-13,16H,6-10H2,1-5H3,(H,17,18). The lowest BCUT2D eigenvalue weighted by Gasteiger charge is -2.31. The summed E-state index contributed by atoms with van der Waals surface area (Å²) >= 11 is 0. The molecule has 0 aromatic heterocycles. The normalized spacial score (nSPS) is 24.2. The zero-order valence-electron chi connectivity index (χ0n) is 12.7. The van der Waals surface area contributed by atoms with Crippen LogP contribution in [-0.4, -0.2) is 24.0 Å². The molecule has 18 heavy (non-hydrogen) atoms. The molecule has 0 spiro atoms. The molecule has 2 N–H and O–H groups in total. The maximum atomic E-state index is 12.1. The van der Waals surface area contributed by atoms with Gasteiger partial charge in [-0.3, -0.25) is 4.79 Å². The van der Waals surface area contributed by atoms with E-state index >= 15 is 0 Å². The van der Waals surface area contributed by atoms with Crippen molar-refractivity contribution < 1.29 is 4.79 Å². The van der Waals surface area contributed by atoms with Crippen molar-refractivity contribution in [3.8, 4) is 0 Å². The highest BCUT2D eigenvalue weighted by atomic mass is 16.2. The molecule has 2 atom stereocenters. The maximum absolute atomic E-state index is 12.1. The Morgan fingerprint density at radius 3 is 2.39 bits per heavy atom. The third-order valence-corrected chi connectivity index (χ3v) is 4.43. The minimum Gasteiger partial charge on any atom is -0.352 e. The first-order chi connectivity index (χ1) is 8.40. The molecule has 1 fully saturated rings. The molecular formula is C15H30N2O. The first kappa shape index (κ1) is 15.5. The summed E-state index contributed by atoms with van der Waals surface area (Å²) in [4.78, 5) is 12.1. The van der Waals surface area contributed by atoms with E-state index in [0.717, 1.165) is 12.8 Å². The summed E-state index contributed by atoms with van der Waals surface area (Å²) in [5.41, 5.74) is 0.323. The largest absolute Gasteiger partial charge is 0.352 e. The number of amides is 1. The molecule has 0 aromatic rings. The first-order valence-electron chi connectivity index (χ1n) is 7.47. The van der Waals surface area contributed by atoms with Crippen LogP contribution in [0.2, 0.25) is 0 Å². The smallest absolute Gasteiger partial charge is 0.237 e. The Balaban J connectivity index is 2.45. The van der Waals surface area contributed by atoms with Crippen LogP contribution in [0.25, 0.3) is 0 Å². The van der Waals surface area contributed by atoms with Crippen LogP contribution >= 0.6 is 0 Å². The molecule has 0 aromatic carbocycles. The van der Waals surface area contributed by atoms with Crippen molar-refractivity contribution in [1.29, 1.82) is 0 Å². The quantitative estimate of drug-likeness (QED) is 0.765. The van der Waals surface area contributed by atoms with Crippen molar-refractivity contribution in [2.45, 2.75) is 84.8 Å². The van der Waals surface area contributed by atoms with E-state index in [0.29, 0.717) is 17.5 Å². The average Bonchev–Trinajstić information content (AvgIpc) is 2.65. The molecule has 1 aliphatic rings. The number of hydrogen-bond donors (Lipinski definition) is 2. The molecule has 1 amide bonds. The third kappa shape index (κ3) is 3.98. The molecule has 106 valence electrons. The van der Waals surface area contributed by atoms with Crippen LogP contribution in [0, 0.1) is 5.41 Å². The van der Waals surface area contributed by atoms with E-state index in [4.69, 9.17) is 0 Å². The van der Waals surface area contributed by atoms with Gasteiger partial charge in [-0.1, -0.05) is 34.1 Å². The van der Waals surface area contributed by atoms with E-state index in [2.05, 4.69) is 38.3 Å². The van der Waals surface area contributed by atoms with Crippen LogP contribution in [0.5, 0.6) is 0 Å². The van der Waals surface area contributed by atoms with Gasteiger partial charge in [0.2, 0.25) is 5.91 Å². The van der Waals surface area contributed by atoms with Gasteiger partial charge >= 0.3 is 0 Å². The number of rotatable bonds is 6. The zero-order valence-corrected chi connectivity index (χ0v) is 12.7. The monoisotopic (exact) mass is 254 g/mol. The molecule has 1 aliphatic carbocycles. The van der Waals surface area contributed by atoms with Gasteiger partial charge in [0, 0.05) is 12.1 Å². The second kappa shape index (κ2) is 6.55. The zero-order chi connectivity index (χ0) is 13.8. The minimum atomic E-state index is -0.0898. The summed E-state index contributed by atoms with van der Waals surface area (Å²) in [6.07, 6.45) is 5.72. The van der Waals surface area contributed by atoms with Gasteiger partial charge < -0.3 is 10.6 Å². The minimum absolute atomic E-state index is 0.0898. The van der Waals surface area contributed by atoms with Gasteiger partial charge in [0.25, 0.3) is 0 Å². The highest BCUT2D eigenvalue weighted by molar-refractivity contribution is 5.81. The Morgan fingerprint density at radius 1 is 1.33 bits per heavy atom. The van der Waals surface area contributed by atoms with Gasteiger partial charge in [-0.05, 0) is 38.0 Å². The Kier molecular flexibility index (Phi) is 5.64. The Labute approximate surface area is 112 Å². The second-order valence-electron chi connectivity index (χ2n) is 6.34. The third-order valence-electron chi connectivity index (χ3n) is 4.43. The van der Waals surface area contributed by atoms with Gasteiger partial charge in [-0.25, -0.2) is 0 Å².